The van der Waals surface area contributed by atoms with Crippen LogP contribution in [0.2, 0.25) is 0 Å². The maximum atomic E-state index is 13.2. The number of amides is 2. The molecule has 0 aliphatic heterocycles. The number of nitrogens with one attached hydrogen (secondary N) is 2. The average Bonchev–Trinajstić information content (AvgIpc) is 3.32. The number of aromatic nitrogens is 2. The van der Waals surface area contributed by atoms with E-state index in [1.165, 1.54) is 0 Å². The second-order valence-corrected chi connectivity index (χ2v) is 9.35. The molecule has 0 radical (unpaired) electrons. The topological polar surface area (TPSA) is 84.0 Å². The van der Waals surface area contributed by atoms with Crippen LogP contribution in [0.5, 0.6) is 0 Å². The molecule has 4 aromatic rings. The zero-order valence-corrected chi connectivity index (χ0v) is 19.3. The fourth-order valence-electron chi connectivity index (χ4n) is 4.21. The summed E-state index contributed by atoms with van der Waals surface area (Å²) in [6, 6.07) is 19.0. The molecule has 2 N–H and O–H groups in total. The molecule has 170 valence electrons. The van der Waals surface area contributed by atoms with Crippen LogP contribution in [0.4, 0.5) is 5.69 Å². The third kappa shape index (κ3) is 4.89. The van der Waals surface area contributed by atoms with Gasteiger partial charge in [0.25, 0.3) is 5.91 Å². The summed E-state index contributed by atoms with van der Waals surface area (Å²) in [5, 5.41) is 7.01. The van der Waals surface area contributed by atoms with Crippen molar-refractivity contribution in [2.24, 2.45) is 5.92 Å². The molecule has 0 saturated heterocycles. The van der Waals surface area contributed by atoms with Crippen molar-refractivity contribution in [3.05, 3.63) is 101 Å². The Morgan fingerprint density at radius 3 is 2.65 bits per heavy atom. The van der Waals surface area contributed by atoms with Crippen molar-refractivity contribution in [3.63, 3.8) is 0 Å². The van der Waals surface area contributed by atoms with Crippen LogP contribution in [0.15, 0.2) is 85.2 Å². The van der Waals surface area contributed by atoms with Crippen molar-refractivity contribution < 1.29 is 9.59 Å². The molecule has 2 heterocycles. The molecular weight excluding hydrogens is 444 g/mol. The molecule has 2 amide bonds. The normalized spacial score (nSPS) is 17.4. The van der Waals surface area contributed by atoms with Crippen LogP contribution < -0.4 is 10.6 Å². The van der Waals surface area contributed by atoms with Crippen LogP contribution in [0.3, 0.4) is 0 Å². The Morgan fingerprint density at radius 1 is 0.971 bits per heavy atom. The first-order valence-corrected chi connectivity index (χ1v) is 12.1. The summed E-state index contributed by atoms with van der Waals surface area (Å²) in [6.45, 7) is 0.393. The summed E-state index contributed by atoms with van der Waals surface area (Å²) in [6.07, 6.45) is 8.92. The van der Waals surface area contributed by atoms with Crippen molar-refractivity contribution in [1.82, 2.24) is 15.3 Å². The smallest absolute Gasteiger partial charge is 0.255 e. The van der Waals surface area contributed by atoms with E-state index in [1.54, 1.807) is 35.9 Å². The number of hydrogen-bond donors (Lipinski definition) is 2. The molecule has 0 saturated carbocycles. The summed E-state index contributed by atoms with van der Waals surface area (Å²) in [7, 11) is 0. The van der Waals surface area contributed by atoms with E-state index in [0.717, 1.165) is 27.2 Å². The molecule has 0 fully saturated rings. The molecule has 2 aromatic heterocycles. The summed E-state index contributed by atoms with van der Waals surface area (Å²) >= 11 is 1.68. The first kappa shape index (κ1) is 22.0. The van der Waals surface area contributed by atoms with Crippen LogP contribution in [0.1, 0.15) is 39.7 Å². The monoisotopic (exact) mass is 468 g/mol. The van der Waals surface area contributed by atoms with Gasteiger partial charge in [0, 0.05) is 36.1 Å². The van der Waals surface area contributed by atoms with E-state index in [1.807, 2.05) is 42.5 Å². The van der Waals surface area contributed by atoms with E-state index in [4.69, 9.17) is 4.98 Å². The lowest BCUT2D eigenvalue weighted by Gasteiger charge is -2.26. The van der Waals surface area contributed by atoms with Gasteiger partial charge < -0.3 is 10.6 Å². The highest BCUT2D eigenvalue weighted by Gasteiger charge is 2.32. The third-order valence-electron chi connectivity index (χ3n) is 5.99. The van der Waals surface area contributed by atoms with E-state index in [0.29, 0.717) is 24.2 Å². The van der Waals surface area contributed by atoms with E-state index < -0.39 is 0 Å². The fraction of sp³-hybridized carbons (Fsp3) is 0.185. The maximum absolute atomic E-state index is 13.2. The Labute approximate surface area is 201 Å². The summed E-state index contributed by atoms with van der Waals surface area (Å²) < 4.78 is 1.15. The molecule has 1 aliphatic rings. The zero-order valence-electron chi connectivity index (χ0n) is 18.5. The summed E-state index contributed by atoms with van der Waals surface area (Å²) in [4.78, 5) is 34.3. The number of fused-ring (bicyclic) bond motifs is 1. The van der Waals surface area contributed by atoms with Crippen LogP contribution in [-0.4, -0.2) is 21.8 Å². The van der Waals surface area contributed by atoms with Gasteiger partial charge in [-0.2, -0.15) is 0 Å². The van der Waals surface area contributed by atoms with Crippen molar-refractivity contribution in [2.45, 2.75) is 25.3 Å². The number of anilines is 1. The average molecular weight is 469 g/mol. The number of para-hydroxylation sites is 1. The van der Waals surface area contributed by atoms with Crippen LogP contribution in [-0.2, 0) is 11.3 Å². The van der Waals surface area contributed by atoms with Gasteiger partial charge in [0.15, 0.2) is 0 Å². The predicted molar refractivity (Wildman–Crippen MR) is 135 cm³/mol. The number of rotatable bonds is 6. The van der Waals surface area contributed by atoms with Gasteiger partial charge in [-0.3, -0.25) is 14.6 Å². The Balaban J connectivity index is 1.24. The van der Waals surface area contributed by atoms with Gasteiger partial charge in [0.05, 0.1) is 21.1 Å². The predicted octanol–water partition coefficient (Wildman–Crippen LogP) is 5.31. The number of hydrogen-bond acceptors (Lipinski definition) is 5. The first-order valence-electron chi connectivity index (χ1n) is 11.3. The molecular formula is C27H24N4O2S. The molecule has 6 nitrogen and oxygen atoms in total. The van der Waals surface area contributed by atoms with E-state index in [9.17, 15) is 9.59 Å². The second-order valence-electron chi connectivity index (χ2n) is 8.28. The third-order valence-corrected chi connectivity index (χ3v) is 7.16. The summed E-state index contributed by atoms with van der Waals surface area (Å²) in [5.41, 5.74) is 3.13. The lowest BCUT2D eigenvalue weighted by molar-refractivity contribution is -0.125. The number of nitrogens with zero attached hydrogens (tertiary/aromatic N) is 2. The van der Waals surface area contributed by atoms with Crippen molar-refractivity contribution in [1.29, 1.82) is 0 Å². The number of pyridine rings is 1. The minimum Gasteiger partial charge on any atom is -0.352 e. The number of benzene rings is 2. The Bertz CT molecular complexity index is 1320. The lowest BCUT2D eigenvalue weighted by atomic mass is 9.82. The van der Waals surface area contributed by atoms with E-state index >= 15 is 0 Å². The number of carbonyl (C=O) groups excluding carboxylic acids is 2. The molecule has 0 bridgehead atoms. The molecule has 7 heteroatoms. The highest BCUT2D eigenvalue weighted by Crippen LogP contribution is 2.38. The van der Waals surface area contributed by atoms with Crippen LogP contribution in [0.25, 0.3) is 10.2 Å². The molecule has 2 aromatic carbocycles. The Morgan fingerprint density at radius 2 is 1.79 bits per heavy atom. The molecule has 2 unspecified atom stereocenters. The lowest BCUT2D eigenvalue weighted by Crippen LogP contribution is -2.34. The highest BCUT2D eigenvalue weighted by molar-refractivity contribution is 7.18. The van der Waals surface area contributed by atoms with Gasteiger partial charge in [0.1, 0.15) is 0 Å². The van der Waals surface area contributed by atoms with Gasteiger partial charge in [0.2, 0.25) is 5.91 Å². The van der Waals surface area contributed by atoms with Crippen LogP contribution >= 0.6 is 11.3 Å². The van der Waals surface area contributed by atoms with Crippen molar-refractivity contribution >= 4 is 39.1 Å². The molecule has 2 atom stereocenters. The second kappa shape index (κ2) is 9.97. The van der Waals surface area contributed by atoms with Crippen molar-refractivity contribution in [2.75, 3.05) is 5.32 Å². The molecule has 1 aliphatic carbocycles. The van der Waals surface area contributed by atoms with Gasteiger partial charge in [-0.25, -0.2) is 4.98 Å². The van der Waals surface area contributed by atoms with Gasteiger partial charge in [-0.05, 0) is 54.8 Å². The fourth-order valence-corrected chi connectivity index (χ4v) is 5.36. The van der Waals surface area contributed by atoms with Gasteiger partial charge >= 0.3 is 0 Å². The Kier molecular flexibility index (Phi) is 6.44. The van der Waals surface area contributed by atoms with Gasteiger partial charge in [-0.15, -0.1) is 11.3 Å². The summed E-state index contributed by atoms with van der Waals surface area (Å²) in [5.74, 6) is -0.246. The minimum absolute atomic E-state index is 0.0276. The number of thiazole rings is 1. The highest BCUT2D eigenvalue weighted by atomic mass is 32.1. The molecule has 34 heavy (non-hydrogen) atoms. The van der Waals surface area contributed by atoms with Crippen molar-refractivity contribution in [3.8, 4) is 0 Å². The quantitative estimate of drug-likeness (QED) is 0.376. The zero-order chi connectivity index (χ0) is 23.3. The van der Waals surface area contributed by atoms with Gasteiger partial charge in [-0.1, -0.05) is 36.4 Å². The number of allylic oxidation sites excluding steroid dienone is 2. The molecule has 0 spiro atoms. The van der Waals surface area contributed by atoms with E-state index in [2.05, 4.69) is 33.8 Å². The SMILES string of the molecule is O=C(Nc1cccc(CNC(=O)C2CC=CCC2c2nc3ccccc3s2)c1)c1ccncc1. The number of carbonyl (C=O) groups is 2. The first-order chi connectivity index (χ1) is 16.7. The maximum Gasteiger partial charge on any atom is 0.255 e. The molecule has 5 rings (SSSR count). The van der Waals surface area contributed by atoms with E-state index in [-0.39, 0.29) is 23.7 Å². The largest absolute Gasteiger partial charge is 0.352 e. The van der Waals surface area contributed by atoms with Crippen LogP contribution in [0, 0.1) is 5.92 Å². The minimum atomic E-state index is -0.198. The standard InChI is InChI=1S/C27H24N4O2S/c32-25(19-12-14-28-15-13-19)30-20-7-5-6-18(16-20)17-29-26(33)21-8-1-2-9-22(21)27-31-23-10-3-4-11-24(23)34-27/h1-7,10-16,21-22H,8-9,17H2,(H,29,33)(H,30,32). The Hall–Kier alpha value is -3.84.